The molecule has 0 fully saturated rings. The summed E-state index contributed by atoms with van der Waals surface area (Å²) in [6.45, 7) is 0. The Balaban J connectivity index is 1.85. The van der Waals surface area contributed by atoms with E-state index in [2.05, 4.69) is 11.8 Å². The zero-order valence-corrected chi connectivity index (χ0v) is 13.1. The second kappa shape index (κ2) is 7.24. The summed E-state index contributed by atoms with van der Waals surface area (Å²) >= 11 is 0. The van der Waals surface area contributed by atoms with E-state index in [1.165, 1.54) is 6.07 Å². The minimum atomic E-state index is -0.762. The first-order chi connectivity index (χ1) is 12.1. The minimum absolute atomic E-state index is 0.133. The Kier molecular flexibility index (Phi) is 4.68. The number of esters is 1. The van der Waals surface area contributed by atoms with E-state index in [1.54, 1.807) is 30.3 Å². The van der Waals surface area contributed by atoms with E-state index < -0.39 is 5.97 Å². The molecular weight excluding hydrogens is 316 g/mol. The van der Waals surface area contributed by atoms with Crippen molar-refractivity contribution in [3.63, 3.8) is 0 Å². The molecule has 2 N–H and O–H groups in total. The molecule has 0 aliphatic rings. The topological polar surface area (TPSA) is 66.8 Å². The highest BCUT2D eigenvalue weighted by Gasteiger charge is 2.16. The summed E-state index contributed by atoms with van der Waals surface area (Å²) in [5.74, 6) is 4.72. The van der Waals surface area contributed by atoms with Crippen LogP contribution in [0, 0.1) is 11.8 Å². The number of para-hydroxylation sites is 1. The lowest BCUT2D eigenvalue weighted by molar-refractivity contribution is 0.0731. The summed E-state index contributed by atoms with van der Waals surface area (Å²) in [5.41, 5.74) is 0.859. The highest BCUT2D eigenvalue weighted by atomic mass is 16.5. The normalized spacial score (nSPS) is 9.76. The lowest BCUT2D eigenvalue weighted by Crippen LogP contribution is -2.08. The predicted octanol–water partition coefficient (Wildman–Crippen LogP) is 3.72. The molecule has 0 aromatic heterocycles. The van der Waals surface area contributed by atoms with E-state index in [9.17, 15) is 15.0 Å². The van der Waals surface area contributed by atoms with E-state index in [0.717, 1.165) is 11.6 Å². The summed E-state index contributed by atoms with van der Waals surface area (Å²) in [6.07, 6.45) is 0. The molecule has 0 saturated heterocycles. The van der Waals surface area contributed by atoms with Gasteiger partial charge in [-0.15, -0.1) is 0 Å². The van der Waals surface area contributed by atoms with Gasteiger partial charge >= 0.3 is 5.97 Å². The second-order valence-electron chi connectivity index (χ2n) is 5.21. The van der Waals surface area contributed by atoms with Crippen molar-refractivity contribution in [1.29, 1.82) is 0 Å². The molecule has 0 atom stereocenters. The third-order valence-corrected chi connectivity index (χ3v) is 3.40. The number of rotatable bonds is 2. The minimum Gasteiger partial charge on any atom is -0.507 e. The van der Waals surface area contributed by atoms with Crippen LogP contribution in [0.1, 0.15) is 21.5 Å². The fourth-order valence-electron chi connectivity index (χ4n) is 2.15. The van der Waals surface area contributed by atoms with Crippen LogP contribution >= 0.6 is 0 Å². The maximum atomic E-state index is 12.1. The van der Waals surface area contributed by atoms with Crippen molar-refractivity contribution in [3.8, 4) is 29.1 Å². The van der Waals surface area contributed by atoms with Gasteiger partial charge < -0.3 is 14.9 Å². The maximum absolute atomic E-state index is 12.1. The highest BCUT2D eigenvalue weighted by Crippen LogP contribution is 2.28. The molecule has 122 valence electrons. The standard InChI is InChI=1S/C21H14O4/c22-19-14-18(21(24)25-17-9-5-2-6-10-17)20(23)13-16(19)12-11-15-7-3-1-4-8-15/h1-10,13-14,22-23H. The summed E-state index contributed by atoms with van der Waals surface area (Å²) < 4.78 is 5.16. The average Bonchev–Trinajstić information content (AvgIpc) is 2.63. The Labute approximate surface area is 145 Å². The number of hydrogen-bond acceptors (Lipinski definition) is 4. The van der Waals surface area contributed by atoms with Crippen molar-refractivity contribution < 1.29 is 19.7 Å². The number of carbonyl (C=O) groups excluding carboxylic acids is 1. The molecule has 0 aliphatic carbocycles. The summed E-state index contributed by atoms with van der Waals surface area (Å²) in [6, 6.07) is 20.1. The molecular formula is C21H14O4. The zero-order chi connectivity index (χ0) is 17.6. The molecule has 0 unspecified atom stereocenters. The fourth-order valence-corrected chi connectivity index (χ4v) is 2.15. The monoisotopic (exact) mass is 330 g/mol. The second-order valence-corrected chi connectivity index (χ2v) is 5.21. The van der Waals surface area contributed by atoms with Gasteiger partial charge in [0.05, 0.1) is 5.56 Å². The van der Waals surface area contributed by atoms with Crippen LogP contribution in [-0.2, 0) is 0 Å². The van der Waals surface area contributed by atoms with Crippen molar-refractivity contribution in [2.45, 2.75) is 0 Å². The van der Waals surface area contributed by atoms with Crippen molar-refractivity contribution in [1.82, 2.24) is 0 Å². The highest BCUT2D eigenvalue weighted by molar-refractivity contribution is 5.94. The fraction of sp³-hybridized carbons (Fsp3) is 0. The number of benzene rings is 3. The van der Waals surface area contributed by atoms with Crippen molar-refractivity contribution >= 4 is 5.97 Å². The van der Waals surface area contributed by atoms with Gasteiger partial charge in [0.2, 0.25) is 0 Å². The first-order valence-corrected chi connectivity index (χ1v) is 7.54. The zero-order valence-electron chi connectivity index (χ0n) is 13.1. The van der Waals surface area contributed by atoms with Crippen molar-refractivity contribution in [2.75, 3.05) is 0 Å². The number of phenols is 2. The largest absolute Gasteiger partial charge is 0.507 e. The average molecular weight is 330 g/mol. The maximum Gasteiger partial charge on any atom is 0.347 e. The molecule has 0 aliphatic heterocycles. The molecule has 0 spiro atoms. The van der Waals surface area contributed by atoms with Crippen LogP contribution in [0.15, 0.2) is 72.8 Å². The van der Waals surface area contributed by atoms with Gasteiger partial charge in [0, 0.05) is 11.6 Å². The third-order valence-electron chi connectivity index (χ3n) is 3.40. The smallest absolute Gasteiger partial charge is 0.347 e. The van der Waals surface area contributed by atoms with Crippen LogP contribution in [0.25, 0.3) is 0 Å². The van der Waals surface area contributed by atoms with E-state index in [-0.39, 0.29) is 22.6 Å². The van der Waals surface area contributed by atoms with Gasteiger partial charge in [-0.25, -0.2) is 4.79 Å². The number of hydrogen-bond donors (Lipinski definition) is 2. The molecule has 0 saturated carbocycles. The van der Waals surface area contributed by atoms with Crippen molar-refractivity contribution in [3.05, 3.63) is 89.5 Å². The molecule has 0 radical (unpaired) electrons. The van der Waals surface area contributed by atoms with Gasteiger partial charge in [-0.3, -0.25) is 0 Å². The number of carbonyl (C=O) groups is 1. The molecule has 25 heavy (non-hydrogen) atoms. The number of ether oxygens (including phenoxy) is 1. The van der Waals surface area contributed by atoms with Gasteiger partial charge in [-0.1, -0.05) is 48.2 Å². The molecule has 4 nitrogen and oxygen atoms in total. The van der Waals surface area contributed by atoms with Gasteiger partial charge in [-0.2, -0.15) is 0 Å². The van der Waals surface area contributed by atoms with Crippen LogP contribution in [0.2, 0.25) is 0 Å². The first-order valence-electron chi connectivity index (χ1n) is 7.54. The van der Waals surface area contributed by atoms with E-state index in [0.29, 0.717) is 5.75 Å². The van der Waals surface area contributed by atoms with Crippen LogP contribution in [-0.4, -0.2) is 16.2 Å². The SMILES string of the molecule is O=C(Oc1ccccc1)c1cc(O)c(C#Cc2ccccc2)cc1O. The van der Waals surface area contributed by atoms with Crippen LogP contribution in [0.4, 0.5) is 0 Å². The summed E-state index contributed by atoms with van der Waals surface area (Å²) in [5, 5.41) is 20.2. The van der Waals surface area contributed by atoms with E-state index in [1.807, 2.05) is 30.3 Å². The van der Waals surface area contributed by atoms with Gasteiger partial charge in [-0.05, 0) is 30.3 Å². The Morgan fingerprint density at radius 2 is 1.44 bits per heavy atom. The van der Waals surface area contributed by atoms with Crippen LogP contribution in [0.3, 0.4) is 0 Å². The van der Waals surface area contributed by atoms with E-state index >= 15 is 0 Å². The molecule has 0 heterocycles. The molecule has 4 heteroatoms. The molecule has 3 rings (SSSR count). The number of aromatic hydroxyl groups is 2. The lowest BCUT2D eigenvalue weighted by atomic mass is 10.1. The quantitative estimate of drug-likeness (QED) is 0.325. The molecule has 3 aromatic rings. The third kappa shape index (κ3) is 3.98. The summed E-state index contributed by atoms with van der Waals surface area (Å²) in [7, 11) is 0. The Morgan fingerprint density at radius 1 is 0.800 bits per heavy atom. The van der Waals surface area contributed by atoms with Crippen molar-refractivity contribution in [2.24, 2.45) is 0 Å². The lowest BCUT2D eigenvalue weighted by Gasteiger charge is -2.07. The first kappa shape index (κ1) is 16.2. The number of phenolic OH excluding ortho intramolecular Hbond substituents is 2. The van der Waals surface area contributed by atoms with Gasteiger partial charge in [0.1, 0.15) is 22.8 Å². The van der Waals surface area contributed by atoms with Gasteiger partial charge in [0.15, 0.2) is 0 Å². The Bertz CT molecular complexity index is 952. The summed E-state index contributed by atoms with van der Waals surface area (Å²) in [4.78, 5) is 12.1. The molecule has 0 amide bonds. The van der Waals surface area contributed by atoms with Crippen LogP contribution < -0.4 is 4.74 Å². The van der Waals surface area contributed by atoms with Gasteiger partial charge in [0.25, 0.3) is 0 Å². The van der Waals surface area contributed by atoms with Crippen LogP contribution in [0.5, 0.6) is 17.2 Å². The Hall–Kier alpha value is -3.71. The van der Waals surface area contributed by atoms with E-state index in [4.69, 9.17) is 4.74 Å². The molecule has 3 aromatic carbocycles. The predicted molar refractivity (Wildman–Crippen MR) is 93.6 cm³/mol. The Morgan fingerprint density at radius 3 is 2.12 bits per heavy atom. The molecule has 0 bridgehead atoms.